The summed E-state index contributed by atoms with van der Waals surface area (Å²) in [6.45, 7) is 4.94. The fourth-order valence-electron chi connectivity index (χ4n) is 2.69. The molecule has 5 nitrogen and oxygen atoms in total. The van der Waals surface area contributed by atoms with E-state index in [1.807, 2.05) is 29.6 Å². The summed E-state index contributed by atoms with van der Waals surface area (Å²) in [7, 11) is 0. The summed E-state index contributed by atoms with van der Waals surface area (Å²) >= 11 is 7.36. The highest BCUT2D eigenvalue weighted by molar-refractivity contribution is 7.16. The van der Waals surface area contributed by atoms with Crippen LogP contribution in [-0.4, -0.2) is 22.0 Å². The first-order valence-electron chi connectivity index (χ1n) is 8.32. The summed E-state index contributed by atoms with van der Waals surface area (Å²) in [4.78, 5) is 29.5. The quantitative estimate of drug-likeness (QED) is 0.700. The van der Waals surface area contributed by atoms with Crippen LogP contribution >= 0.6 is 22.9 Å². The molecule has 3 aromatic rings. The summed E-state index contributed by atoms with van der Waals surface area (Å²) in [5.41, 5.74) is 0.782. The van der Waals surface area contributed by atoms with Crippen molar-refractivity contribution in [3.63, 3.8) is 0 Å². The van der Waals surface area contributed by atoms with Crippen molar-refractivity contribution in [1.29, 1.82) is 0 Å². The molecule has 1 N–H and O–H groups in total. The van der Waals surface area contributed by atoms with Gasteiger partial charge in [0.25, 0.3) is 5.56 Å². The van der Waals surface area contributed by atoms with E-state index in [0.29, 0.717) is 23.5 Å². The standard InChI is InChI=1S/C19H20ClN3O2S/c1-19(2,13-3-5-14(20)6-4-13)11-21-16(24)7-9-23-12-22-17-15(18(23)25)8-10-26-17/h3-6,8,10,12H,7,9,11H2,1-2H3,(H,21,24). The van der Waals surface area contributed by atoms with Crippen LogP contribution in [0.15, 0.2) is 46.8 Å². The van der Waals surface area contributed by atoms with Gasteiger partial charge in [0.2, 0.25) is 5.91 Å². The topological polar surface area (TPSA) is 64.0 Å². The van der Waals surface area contributed by atoms with Crippen LogP contribution in [0.5, 0.6) is 0 Å². The van der Waals surface area contributed by atoms with Crippen molar-refractivity contribution in [2.75, 3.05) is 6.54 Å². The lowest BCUT2D eigenvalue weighted by atomic mass is 9.84. The summed E-state index contributed by atoms with van der Waals surface area (Å²) in [6, 6.07) is 9.40. The van der Waals surface area contributed by atoms with Crippen LogP contribution in [0.1, 0.15) is 25.8 Å². The van der Waals surface area contributed by atoms with Crippen LogP contribution in [0, 0.1) is 0 Å². The predicted octanol–water partition coefficient (Wildman–Crippen LogP) is 3.60. The number of halogens is 1. The van der Waals surface area contributed by atoms with Gasteiger partial charge in [-0.1, -0.05) is 37.6 Å². The Labute approximate surface area is 160 Å². The van der Waals surface area contributed by atoms with Gasteiger partial charge in [-0.2, -0.15) is 0 Å². The Morgan fingerprint density at radius 2 is 2.00 bits per heavy atom. The molecule has 26 heavy (non-hydrogen) atoms. The zero-order valence-corrected chi connectivity index (χ0v) is 16.2. The molecule has 136 valence electrons. The Bertz CT molecular complexity index is 976. The molecule has 0 saturated heterocycles. The number of amides is 1. The molecule has 3 rings (SSSR count). The number of fused-ring (bicyclic) bond motifs is 1. The maximum absolute atomic E-state index is 12.3. The van der Waals surface area contributed by atoms with E-state index in [-0.39, 0.29) is 23.3 Å². The molecule has 2 heterocycles. The molecule has 1 aromatic carbocycles. The third kappa shape index (κ3) is 4.14. The third-order valence-electron chi connectivity index (χ3n) is 4.38. The largest absolute Gasteiger partial charge is 0.355 e. The number of carbonyl (C=O) groups excluding carboxylic acids is 1. The van der Waals surface area contributed by atoms with Gasteiger partial charge in [-0.3, -0.25) is 14.2 Å². The van der Waals surface area contributed by atoms with E-state index in [2.05, 4.69) is 24.1 Å². The highest BCUT2D eigenvalue weighted by atomic mass is 35.5. The van der Waals surface area contributed by atoms with Crippen molar-refractivity contribution in [3.05, 3.63) is 63.0 Å². The molecule has 0 saturated carbocycles. The molecule has 0 radical (unpaired) electrons. The first-order valence-corrected chi connectivity index (χ1v) is 9.58. The Kier molecular flexibility index (Phi) is 5.44. The number of nitrogens with one attached hydrogen (secondary N) is 1. The molecule has 0 aliphatic rings. The second-order valence-corrected chi connectivity index (χ2v) is 8.13. The number of rotatable bonds is 6. The summed E-state index contributed by atoms with van der Waals surface area (Å²) in [5, 5.41) is 6.08. The van der Waals surface area contributed by atoms with Crippen molar-refractivity contribution < 1.29 is 4.79 Å². The van der Waals surface area contributed by atoms with E-state index in [1.54, 1.807) is 6.07 Å². The second kappa shape index (κ2) is 7.60. The molecule has 0 atom stereocenters. The number of aromatic nitrogens is 2. The Hall–Kier alpha value is -2.18. The fourth-order valence-corrected chi connectivity index (χ4v) is 3.53. The minimum atomic E-state index is -0.214. The second-order valence-electron chi connectivity index (χ2n) is 6.80. The number of nitrogens with zero attached hydrogens (tertiary/aromatic N) is 2. The summed E-state index contributed by atoms with van der Waals surface area (Å²) in [5.74, 6) is -0.0932. The highest BCUT2D eigenvalue weighted by Crippen LogP contribution is 2.23. The van der Waals surface area contributed by atoms with Crippen LogP contribution in [-0.2, 0) is 16.8 Å². The van der Waals surface area contributed by atoms with Gasteiger partial charge in [0.15, 0.2) is 0 Å². The van der Waals surface area contributed by atoms with Gasteiger partial charge in [-0.15, -0.1) is 11.3 Å². The fraction of sp³-hybridized carbons (Fsp3) is 0.316. The molecule has 0 fully saturated rings. The molecule has 0 aliphatic carbocycles. The van der Waals surface area contributed by atoms with Gasteiger partial charge >= 0.3 is 0 Å². The highest BCUT2D eigenvalue weighted by Gasteiger charge is 2.21. The zero-order chi connectivity index (χ0) is 18.7. The van der Waals surface area contributed by atoms with E-state index in [1.165, 1.54) is 22.2 Å². The average molecular weight is 390 g/mol. The number of thiophene rings is 1. The molecule has 7 heteroatoms. The summed E-state index contributed by atoms with van der Waals surface area (Å²) in [6.07, 6.45) is 1.74. The minimum absolute atomic E-state index is 0.0932. The van der Waals surface area contributed by atoms with Crippen molar-refractivity contribution in [3.8, 4) is 0 Å². The van der Waals surface area contributed by atoms with Crippen molar-refractivity contribution in [1.82, 2.24) is 14.9 Å². The average Bonchev–Trinajstić information content (AvgIpc) is 3.09. The van der Waals surface area contributed by atoms with Crippen LogP contribution in [0.4, 0.5) is 0 Å². The van der Waals surface area contributed by atoms with Gasteiger partial charge in [0.05, 0.1) is 11.7 Å². The Morgan fingerprint density at radius 3 is 2.73 bits per heavy atom. The predicted molar refractivity (Wildman–Crippen MR) is 106 cm³/mol. The van der Waals surface area contributed by atoms with Crippen molar-refractivity contribution in [2.45, 2.75) is 32.2 Å². The number of benzene rings is 1. The molecular weight excluding hydrogens is 370 g/mol. The lowest BCUT2D eigenvalue weighted by Crippen LogP contribution is -2.37. The van der Waals surface area contributed by atoms with Crippen molar-refractivity contribution >= 4 is 39.1 Å². The maximum atomic E-state index is 12.3. The van der Waals surface area contributed by atoms with Crippen molar-refractivity contribution in [2.24, 2.45) is 0 Å². The molecule has 0 unspecified atom stereocenters. The van der Waals surface area contributed by atoms with Crippen LogP contribution in [0.3, 0.4) is 0 Å². The number of hydrogen-bond donors (Lipinski definition) is 1. The van der Waals surface area contributed by atoms with E-state index < -0.39 is 0 Å². The van der Waals surface area contributed by atoms with Gasteiger partial charge in [-0.05, 0) is 29.1 Å². The first kappa shape index (κ1) is 18.6. The van der Waals surface area contributed by atoms with Gasteiger partial charge in [0, 0.05) is 29.9 Å². The Morgan fingerprint density at radius 1 is 1.27 bits per heavy atom. The SMILES string of the molecule is CC(C)(CNC(=O)CCn1cnc2sccc2c1=O)c1ccc(Cl)cc1. The van der Waals surface area contributed by atoms with Gasteiger partial charge in [-0.25, -0.2) is 4.98 Å². The first-order chi connectivity index (χ1) is 12.4. The Balaban J connectivity index is 1.57. The molecule has 1 amide bonds. The lowest BCUT2D eigenvalue weighted by molar-refractivity contribution is -0.121. The number of carbonyl (C=O) groups is 1. The van der Waals surface area contributed by atoms with Crippen LogP contribution < -0.4 is 10.9 Å². The van der Waals surface area contributed by atoms with E-state index >= 15 is 0 Å². The van der Waals surface area contributed by atoms with Crippen LogP contribution in [0.25, 0.3) is 10.2 Å². The van der Waals surface area contributed by atoms with E-state index in [9.17, 15) is 9.59 Å². The number of aryl methyl sites for hydroxylation is 1. The molecular formula is C19H20ClN3O2S. The minimum Gasteiger partial charge on any atom is -0.355 e. The van der Waals surface area contributed by atoms with Gasteiger partial charge in [0.1, 0.15) is 4.83 Å². The zero-order valence-electron chi connectivity index (χ0n) is 14.7. The monoisotopic (exact) mass is 389 g/mol. The van der Waals surface area contributed by atoms with Gasteiger partial charge < -0.3 is 5.32 Å². The normalized spacial score (nSPS) is 11.7. The number of hydrogen-bond acceptors (Lipinski definition) is 4. The van der Waals surface area contributed by atoms with E-state index in [0.717, 1.165) is 10.4 Å². The third-order valence-corrected chi connectivity index (χ3v) is 5.46. The molecule has 0 spiro atoms. The molecule has 2 aromatic heterocycles. The summed E-state index contributed by atoms with van der Waals surface area (Å²) < 4.78 is 1.49. The lowest BCUT2D eigenvalue weighted by Gasteiger charge is -2.25. The molecule has 0 aliphatic heterocycles. The van der Waals surface area contributed by atoms with Crippen LogP contribution in [0.2, 0.25) is 5.02 Å². The smallest absolute Gasteiger partial charge is 0.262 e. The molecule has 0 bridgehead atoms. The van der Waals surface area contributed by atoms with E-state index in [4.69, 9.17) is 11.6 Å². The maximum Gasteiger partial charge on any atom is 0.262 e.